The van der Waals surface area contributed by atoms with Gasteiger partial charge in [0, 0.05) is 5.56 Å². The summed E-state index contributed by atoms with van der Waals surface area (Å²) < 4.78 is 41.9. The first-order valence-electron chi connectivity index (χ1n) is 5.89. The average molecular weight is 243 g/mol. The molecule has 0 radical (unpaired) electrons. The number of benzene rings is 1. The van der Waals surface area contributed by atoms with Gasteiger partial charge < -0.3 is 5.32 Å². The van der Waals surface area contributed by atoms with Crippen LogP contribution in [0.3, 0.4) is 0 Å². The zero-order valence-corrected chi connectivity index (χ0v) is 9.82. The highest BCUT2D eigenvalue weighted by atomic mass is 19.2. The second kappa shape index (κ2) is 4.69. The van der Waals surface area contributed by atoms with E-state index < -0.39 is 17.3 Å². The molecule has 0 saturated carbocycles. The molecule has 1 saturated heterocycles. The number of nitrogens with one attached hydrogen (secondary N) is 1. The summed E-state index contributed by atoms with van der Waals surface area (Å²) >= 11 is 0. The van der Waals surface area contributed by atoms with Crippen LogP contribution in [0.15, 0.2) is 12.1 Å². The molecule has 1 fully saturated rings. The van der Waals surface area contributed by atoms with Gasteiger partial charge >= 0.3 is 0 Å². The molecule has 94 valence electrons. The average Bonchev–Trinajstić information content (AvgIpc) is 2.52. The normalized spacial score (nSPS) is 25.6. The Morgan fingerprint density at radius 1 is 1.12 bits per heavy atom. The molecule has 0 bridgehead atoms. The van der Waals surface area contributed by atoms with Gasteiger partial charge in [0.05, 0.1) is 0 Å². The molecule has 0 aliphatic carbocycles. The largest absolute Gasteiger partial charge is 0.317 e. The fourth-order valence-corrected chi connectivity index (χ4v) is 2.29. The third-order valence-electron chi connectivity index (χ3n) is 3.38. The van der Waals surface area contributed by atoms with Crippen molar-refractivity contribution in [3.63, 3.8) is 0 Å². The van der Waals surface area contributed by atoms with Gasteiger partial charge in [-0.25, -0.2) is 13.2 Å². The van der Waals surface area contributed by atoms with Crippen LogP contribution in [-0.2, 0) is 5.67 Å². The minimum Gasteiger partial charge on any atom is -0.317 e. The summed E-state index contributed by atoms with van der Waals surface area (Å²) in [6.07, 6.45) is 1.05. The van der Waals surface area contributed by atoms with Crippen molar-refractivity contribution in [1.82, 2.24) is 5.32 Å². The van der Waals surface area contributed by atoms with Crippen molar-refractivity contribution in [2.24, 2.45) is 0 Å². The molecule has 4 heteroatoms. The Morgan fingerprint density at radius 3 is 2.65 bits per heavy atom. The first-order valence-corrected chi connectivity index (χ1v) is 5.89. The lowest BCUT2D eigenvalue weighted by atomic mass is 9.87. The van der Waals surface area contributed by atoms with E-state index in [1.165, 1.54) is 19.1 Å². The maximum atomic E-state index is 14.7. The maximum Gasteiger partial charge on any atom is 0.165 e. The predicted molar refractivity (Wildman–Crippen MR) is 60.6 cm³/mol. The van der Waals surface area contributed by atoms with E-state index in [0.29, 0.717) is 13.0 Å². The zero-order valence-electron chi connectivity index (χ0n) is 9.82. The quantitative estimate of drug-likeness (QED) is 0.798. The molecule has 1 aliphatic heterocycles. The Bertz CT molecular complexity index is 409. The van der Waals surface area contributed by atoms with Crippen LogP contribution in [-0.4, -0.2) is 13.1 Å². The molecule has 1 heterocycles. The molecule has 1 atom stereocenters. The van der Waals surface area contributed by atoms with Gasteiger partial charge in [-0.05, 0) is 44.8 Å². The van der Waals surface area contributed by atoms with Crippen LogP contribution >= 0.6 is 0 Å². The van der Waals surface area contributed by atoms with Crippen LogP contribution in [0.25, 0.3) is 0 Å². The SMILES string of the molecule is Cc1ccc(C2(F)CCCNCC2)c(F)c1F. The number of rotatable bonds is 1. The molecular weight excluding hydrogens is 227 g/mol. The van der Waals surface area contributed by atoms with Crippen molar-refractivity contribution in [1.29, 1.82) is 0 Å². The summed E-state index contributed by atoms with van der Waals surface area (Å²) in [5, 5.41) is 3.06. The minimum absolute atomic E-state index is 0.135. The molecule has 17 heavy (non-hydrogen) atoms. The Balaban J connectivity index is 2.41. The fraction of sp³-hybridized carbons (Fsp3) is 0.538. The molecule has 2 rings (SSSR count). The van der Waals surface area contributed by atoms with Crippen LogP contribution in [0.4, 0.5) is 13.2 Å². The van der Waals surface area contributed by atoms with Gasteiger partial charge in [0.25, 0.3) is 0 Å². The summed E-state index contributed by atoms with van der Waals surface area (Å²) in [7, 11) is 0. The number of hydrogen-bond donors (Lipinski definition) is 1. The zero-order chi connectivity index (χ0) is 12.5. The van der Waals surface area contributed by atoms with Gasteiger partial charge in [-0.15, -0.1) is 0 Å². The lowest BCUT2D eigenvalue weighted by Gasteiger charge is -2.24. The Labute approximate surface area is 99.0 Å². The molecule has 1 nitrogen and oxygen atoms in total. The molecule has 0 amide bonds. The summed E-state index contributed by atoms with van der Waals surface area (Å²) in [6, 6.07) is 2.81. The van der Waals surface area contributed by atoms with E-state index in [-0.39, 0.29) is 24.0 Å². The molecule has 1 aromatic carbocycles. The molecule has 1 aromatic rings. The Kier molecular flexibility index (Phi) is 3.43. The number of aryl methyl sites for hydroxylation is 1. The highest BCUT2D eigenvalue weighted by molar-refractivity contribution is 5.30. The standard InChI is InChI=1S/C13H16F3N/c1-9-3-4-10(12(15)11(9)14)13(16)5-2-7-17-8-6-13/h3-4,17H,2,5-8H2,1H3. The highest BCUT2D eigenvalue weighted by Gasteiger charge is 2.36. The van der Waals surface area contributed by atoms with Gasteiger partial charge in [-0.1, -0.05) is 12.1 Å². The van der Waals surface area contributed by atoms with E-state index in [1.54, 1.807) is 0 Å². The van der Waals surface area contributed by atoms with E-state index >= 15 is 0 Å². The van der Waals surface area contributed by atoms with E-state index in [9.17, 15) is 13.2 Å². The monoisotopic (exact) mass is 243 g/mol. The predicted octanol–water partition coefficient (Wildman–Crippen LogP) is 3.21. The van der Waals surface area contributed by atoms with Crippen molar-refractivity contribution in [3.8, 4) is 0 Å². The lowest BCUT2D eigenvalue weighted by molar-refractivity contribution is 0.138. The third-order valence-corrected chi connectivity index (χ3v) is 3.38. The van der Waals surface area contributed by atoms with Gasteiger partial charge in [0.2, 0.25) is 0 Å². The first-order chi connectivity index (χ1) is 8.04. The van der Waals surface area contributed by atoms with E-state index in [2.05, 4.69) is 5.32 Å². The second-order valence-corrected chi connectivity index (χ2v) is 4.63. The topological polar surface area (TPSA) is 12.0 Å². The van der Waals surface area contributed by atoms with Crippen LogP contribution in [0, 0.1) is 18.6 Å². The van der Waals surface area contributed by atoms with Crippen LogP contribution in [0.2, 0.25) is 0 Å². The minimum atomic E-state index is -1.75. The lowest BCUT2D eigenvalue weighted by Crippen LogP contribution is -2.24. The molecular formula is C13H16F3N. The van der Waals surface area contributed by atoms with E-state index in [4.69, 9.17) is 0 Å². The Hall–Kier alpha value is -1.03. The summed E-state index contributed by atoms with van der Waals surface area (Å²) in [4.78, 5) is 0. The molecule has 1 unspecified atom stereocenters. The molecule has 1 aliphatic rings. The summed E-state index contributed by atoms with van der Waals surface area (Å²) in [5.74, 6) is -1.97. The maximum absolute atomic E-state index is 14.7. The van der Waals surface area contributed by atoms with Crippen LogP contribution < -0.4 is 5.32 Å². The van der Waals surface area contributed by atoms with Crippen molar-refractivity contribution in [3.05, 3.63) is 34.9 Å². The molecule has 0 aromatic heterocycles. The summed E-state index contributed by atoms with van der Waals surface area (Å²) in [6.45, 7) is 2.69. The molecule has 0 spiro atoms. The van der Waals surface area contributed by atoms with Crippen LogP contribution in [0.1, 0.15) is 30.4 Å². The van der Waals surface area contributed by atoms with Crippen LogP contribution in [0.5, 0.6) is 0 Å². The van der Waals surface area contributed by atoms with Gasteiger partial charge in [-0.3, -0.25) is 0 Å². The van der Waals surface area contributed by atoms with Crippen molar-refractivity contribution >= 4 is 0 Å². The number of halogens is 3. The molecule has 1 N–H and O–H groups in total. The highest BCUT2D eigenvalue weighted by Crippen LogP contribution is 2.38. The third kappa shape index (κ3) is 2.32. The smallest absolute Gasteiger partial charge is 0.165 e. The first kappa shape index (κ1) is 12.4. The van der Waals surface area contributed by atoms with Crippen molar-refractivity contribution < 1.29 is 13.2 Å². The van der Waals surface area contributed by atoms with E-state index in [1.807, 2.05) is 0 Å². The van der Waals surface area contributed by atoms with Crippen molar-refractivity contribution in [2.45, 2.75) is 31.9 Å². The van der Waals surface area contributed by atoms with Gasteiger partial charge in [0.1, 0.15) is 5.67 Å². The summed E-state index contributed by atoms with van der Waals surface area (Å²) in [5.41, 5.74) is -1.67. The second-order valence-electron chi connectivity index (χ2n) is 4.63. The van der Waals surface area contributed by atoms with E-state index in [0.717, 1.165) is 6.54 Å². The number of alkyl halides is 1. The fourth-order valence-electron chi connectivity index (χ4n) is 2.29. The Morgan fingerprint density at radius 2 is 1.88 bits per heavy atom. The van der Waals surface area contributed by atoms with Gasteiger partial charge in [-0.2, -0.15) is 0 Å². The van der Waals surface area contributed by atoms with Gasteiger partial charge in [0.15, 0.2) is 11.6 Å². The number of hydrogen-bond acceptors (Lipinski definition) is 1. The van der Waals surface area contributed by atoms with Crippen molar-refractivity contribution in [2.75, 3.05) is 13.1 Å².